The van der Waals surface area contributed by atoms with Gasteiger partial charge in [-0.05, 0) is 11.6 Å². The van der Waals surface area contributed by atoms with Crippen LogP contribution in [0.5, 0.6) is 0 Å². The van der Waals surface area contributed by atoms with Gasteiger partial charge in [0.2, 0.25) is 0 Å². The van der Waals surface area contributed by atoms with Crippen molar-refractivity contribution in [2.45, 2.75) is 11.8 Å². The molecule has 0 saturated heterocycles. The molecule has 0 unspecified atom stereocenters. The SMILES string of the molecule is N#Cc1nc(Cl)c(C(F)F)cc1CBr. The first-order valence-electron chi connectivity index (χ1n) is 3.53. The molecule has 14 heavy (non-hydrogen) atoms. The third-order valence-electron chi connectivity index (χ3n) is 1.57. The second-order valence-electron chi connectivity index (χ2n) is 2.42. The van der Waals surface area contributed by atoms with Gasteiger partial charge in [0.25, 0.3) is 6.43 Å². The van der Waals surface area contributed by atoms with Gasteiger partial charge in [-0.15, -0.1) is 0 Å². The Kier molecular flexibility index (Phi) is 3.78. The quantitative estimate of drug-likeness (QED) is 0.615. The van der Waals surface area contributed by atoms with Crippen molar-refractivity contribution in [1.29, 1.82) is 5.26 Å². The average Bonchev–Trinajstić information content (AvgIpc) is 2.16. The van der Waals surface area contributed by atoms with E-state index in [1.165, 1.54) is 6.07 Å². The molecule has 1 heterocycles. The fraction of sp³-hybridized carbons (Fsp3) is 0.250. The summed E-state index contributed by atoms with van der Waals surface area (Å²) in [5.74, 6) is 0. The first-order chi connectivity index (χ1) is 6.60. The van der Waals surface area contributed by atoms with Gasteiger partial charge < -0.3 is 0 Å². The Morgan fingerprint density at radius 2 is 2.29 bits per heavy atom. The Morgan fingerprint density at radius 3 is 2.71 bits per heavy atom. The van der Waals surface area contributed by atoms with Crippen molar-refractivity contribution in [2.75, 3.05) is 0 Å². The molecule has 0 spiro atoms. The molecule has 1 rings (SSSR count). The molecule has 0 aliphatic rings. The third kappa shape index (κ3) is 2.20. The van der Waals surface area contributed by atoms with E-state index in [2.05, 4.69) is 20.9 Å². The highest BCUT2D eigenvalue weighted by Crippen LogP contribution is 2.28. The van der Waals surface area contributed by atoms with Crippen molar-refractivity contribution >= 4 is 27.5 Å². The minimum absolute atomic E-state index is 0.0660. The number of alkyl halides is 3. The predicted molar refractivity (Wildman–Crippen MR) is 51.6 cm³/mol. The second-order valence-corrected chi connectivity index (χ2v) is 3.34. The van der Waals surface area contributed by atoms with E-state index in [-0.39, 0.29) is 16.4 Å². The van der Waals surface area contributed by atoms with Gasteiger partial charge in [-0.25, -0.2) is 13.8 Å². The van der Waals surface area contributed by atoms with Crippen LogP contribution in [-0.2, 0) is 5.33 Å². The number of aromatic nitrogens is 1. The zero-order valence-electron chi connectivity index (χ0n) is 6.77. The van der Waals surface area contributed by atoms with Gasteiger partial charge in [0.15, 0.2) is 0 Å². The maximum Gasteiger partial charge on any atom is 0.266 e. The Bertz CT molecular complexity index is 389. The van der Waals surface area contributed by atoms with Crippen molar-refractivity contribution < 1.29 is 8.78 Å². The molecule has 0 radical (unpaired) electrons. The molecule has 0 atom stereocenters. The number of halogens is 4. The molecule has 1 aromatic heterocycles. The summed E-state index contributed by atoms with van der Waals surface area (Å²) in [7, 11) is 0. The summed E-state index contributed by atoms with van der Waals surface area (Å²) in [6.07, 6.45) is -2.68. The maximum atomic E-state index is 12.4. The van der Waals surface area contributed by atoms with Crippen LogP contribution in [0.1, 0.15) is 23.2 Å². The molecule has 0 aliphatic heterocycles. The van der Waals surface area contributed by atoms with Crippen LogP contribution >= 0.6 is 27.5 Å². The van der Waals surface area contributed by atoms with Crippen molar-refractivity contribution in [1.82, 2.24) is 4.98 Å². The smallest absolute Gasteiger partial charge is 0.225 e. The normalized spacial score (nSPS) is 10.3. The molecule has 0 saturated carbocycles. The minimum atomic E-state index is -2.68. The fourth-order valence-corrected chi connectivity index (χ4v) is 1.55. The van der Waals surface area contributed by atoms with E-state index < -0.39 is 6.43 Å². The maximum absolute atomic E-state index is 12.4. The first kappa shape index (κ1) is 11.3. The first-order valence-corrected chi connectivity index (χ1v) is 5.03. The highest BCUT2D eigenvalue weighted by molar-refractivity contribution is 9.08. The molecular formula is C8H4BrClF2N2. The van der Waals surface area contributed by atoms with Crippen molar-refractivity contribution in [3.63, 3.8) is 0 Å². The number of pyridine rings is 1. The molecule has 6 heteroatoms. The lowest BCUT2D eigenvalue weighted by molar-refractivity contribution is 0.151. The minimum Gasteiger partial charge on any atom is -0.225 e. The van der Waals surface area contributed by atoms with Crippen LogP contribution < -0.4 is 0 Å². The molecule has 0 aliphatic carbocycles. The Labute approximate surface area is 92.6 Å². The highest BCUT2D eigenvalue weighted by Gasteiger charge is 2.16. The van der Waals surface area contributed by atoms with Crippen molar-refractivity contribution in [2.24, 2.45) is 0 Å². The van der Waals surface area contributed by atoms with Gasteiger partial charge >= 0.3 is 0 Å². The third-order valence-corrected chi connectivity index (χ3v) is 2.47. The van der Waals surface area contributed by atoms with Crippen LogP contribution in [0.2, 0.25) is 5.15 Å². The summed E-state index contributed by atoms with van der Waals surface area (Å²) in [5.41, 5.74) is 0.128. The van der Waals surface area contributed by atoms with Gasteiger partial charge in [0.05, 0.1) is 5.56 Å². The van der Waals surface area contributed by atoms with Gasteiger partial charge in [-0.3, -0.25) is 0 Å². The predicted octanol–water partition coefficient (Wildman–Crippen LogP) is 3.44. The number of hydrogen-bond acceptors (Lipinski definition) is 2. The zero-order chi connectivity index (χ0) is 10.7. The van der Waals surface area contributed by atoms with Crippen LogP contribution in [-0.4, -0.2) is 4.98 Å². The lowest BCUT2D eigenvalue weighted by Crippen LogP contribution is -1.97. The summed E-state index contributed by atoms with van der Waals surface area (Å²) in [6, 6.07) is 2.97. The van der Waals surface area contributed by atoms with Crippen molar-refractivity contribution in [3.8, 4) is 6.07 Å². The summed E-state index contributed by atoms with van der Waals surface area (Å²) in [6.45, 7) is 0. The lowest BCUT2D eigenvalue weighted by atomic mass is 10.1. The topological polar surface area (TPSA) is 36.7 Å². The number of rotatable bonds is 2. The largest absolute Gasteiger partial charge is 0.266 e. The Morgan fingerprint density at radius 1 is 1.64 bits per heavy atom. The summed E-state index contributed by atoms with van der Waals surface area (Å²) >= 11 is 8.55. The van der Waals surface area contributed by atoms with Crippen molar-refractivity contribution in [3.05, 3.63) is 28.0 Å². The van der Waals surface area contributed by atoms with E-state index in [0.29, 0.717) is 10.9 Å². The molecule has 0 aromatic carbocycles. The molecular weight excluding hydrogens is 277 g/mol. The van der Waals surface area contributed by atoms with Gasteiger partial charge in [0.1, 0.15) is 16.9 Å². The van der Waals surface area contributed by atoms with Gasteiger partial charge in [-0.1, -0.05) is 27.5 Å². The van der Waals surface area contributed by atoms with Crippen LogP contribution in [0.3, 0.4) is 0 Å². The van der Waals surface area contributed by atoms with Crippen LogP contribution in [0.15, 0.2) is 6.07 Å². The van der Waals surface area contributed by atoms with Gasteiger partial charge in [0, 0.05) is 5.33 Å². The molecule has 0 N–H and O–H groups in total. The highest BCUT2D eigenvalue weighted by atomic mass is 79.9. The average molecular weight is 281 g/mol. The van der Waals surface area contributed by atoms with E-state index in [1.807, 2.05) is 0 Å². The lowest BCUT2D eigenvalue weighted by Gasteiger charge is -2.05. The Hall–Kier alpha value is -0.730. The molecule has 0 fully saturated rings. The van der Waals surface area contributed by atoms with Crippen LogP contribution in [0.25, 0.3) is 0 Å². The monoisotopic (exact) mass is 280 g/mol. The van der Waals surface area contributed by atoms with E-state index in [1.54, 1.807) is 6.07 Å². The summed E-state index contributed by atoms with van der Waals surface area (Å²) < 4.78 is 24.7. The molecule has 0 amide bonds. The number of nitrogens with zero attached hydrogens (tertiary/aromatic N) is 2. The van der Waals surface area contributed by atoms with E-state index >= 15 is 0 Å². The summed E-state index contributed by atoms with van der Waals surface area (Å²) in [4.78, 5) is 3.58. The zero-order valence-corrected chi connectivity index (χ0v) is 9.11. The van der Waals surface area contributed by atoms with Crippen LogP contribution in [0.4, 0.5) is 8.78 Å². The molecule has 74 valence electrons. The number of nitriles is 1. The van der Waals surface area contributed by atoms with E-state index in [9.17, 15) is 8.78 Å². The van der Waals surface area contributed by atoms with E-state index in [0.717, 1.165) is 0 Å². The molecule has 0 bridgehead atoms. The Balaban J connectivity index is 3.32. The fourth-order valence-electron chi connectivity index (χ4n) is 0.902. The molecule has 2 nitrogen and oxygen atoms in total. The second kappa shape index (κ2) is 4.67. The number of hydrogen-bond donors (Lipinski definition) is 0. The van der Waals surface area contributed by atoms with Gasteiger partial charge in [-0.2, -0.15) is 5.26 Å². The van der Waals surface area contributed by atoms with Crippen LogP contribution in [0, 0.1) is 11.3 Å². The standard InChI is InChI=1S/C8H4BrClF2N2/c9-2-4-1-5(8(11)12)7(10)14-6(4)3-13/h1,8H,2H2. The summed E-state index contributed by atoms with van der Waals surface area (Å²) in [5, 5.41) is 8.60. The molecule has 1 aromatic rings. The van der Waals surface area contributed by atoms with E-state index in [4.69, 9.17) is 16.9 Å².